The van der Waals surface area contributed by atoms with E-state index in [1.807, 2.05) is 24.3 Å². The standard InChI is InChI=1S/C14H17NO2/c1-10-3-6-14(16-2)11(7-10)8-12-4-5-13(9-15)17-12/h3-7H,8-9,15H2,1-2H3. The van der Waals surface area contributed by atoms with Gasteiger partial charge < -0.3 is 14.9 Å². The molecule has 2 rings (SSSR count). The topological polar surface area (TPSA) is 48.4 Å². The molecule has 2 N–H and O–H groups in total. The van der Waals surface area contributed by atoms with Crippen LogP contribution in [0, 0.1) is 6.92 Å². The van der Waals surface area contributed by atoms with Gasteiger partial charge in [-0.25, -0.2) is 0 Å². The molecule has 0 atom stereocenters. The van der Waals surface area contributed by atoms with E-state index in [1.54, 1.807) is 7.11 Å². The van der Waals surface area contributed by atoms with E-state index >= 15 is 0 Å². The van der Waals surface area contributed by atoms with E-state index in [1.165, 1.54) is 5.56 Å². The zero-order valence-electron chi connectivity index (χ0n) is 10.2. The van der Waals surface area contributed by atoms with Crippen LogP contribution < -0.4 is 10.5 Å². The van der Waals surface area contributed by atoms with Gasteiger partial charge in [0.25, 0.3) is 0 Å². The van der Waals surface area contributed by atoms with Crippen molar-refractivity contribution in [3.63, 3.8) is 0 Å². The summed E-state index contributed by atoms with van der Waals surface area (Å²) in [5.41, 5.74) is 7.86. The monoisotopic (exact) mass is 231 g/mol. The highest BCUT2D eigenvalue weighted by molar-refractivity contribution is 5.39. The first-order valence-corrected chi connectivity index (χ1v) is 5.64. The van der Waals surface area contributed by atoms with Crippen molar-refractivity contribution in [1.29, 1.82) is 0 Å². The SMILES string of the molecule is COc1ccc(C)cc1Cc1ccc(CN)o1. The van der Waals surface area contributed by atoms with Gasteiger partial charge in [0.15, 0.2) is 0 Å². The third kappa shape index (κ3) is 2.68. The van der Waals surface area contributed by atoms with E-state index < -0.39 is 0 Å². The second-order valence-corrected chi connectivity index (χ2v) is 4.06. The minimum atomic E-state index is 0.435. The lowest BCUT2D eigenvalue weighted by Crippen LogP contribution is -1.95. The molecule has 0 bridgehead atoms. The average molecular weight is 231 g/mol. The lowest BCUT2D eigenvalue weighted by Gasteiger charge is -2.08. The molecule has 0 aliphatic carbocycles. The molecular weight excluding hydrogens is 214 g/mol. The molecule has 0 amide bonds. The second-order valence-electron chi connectivity index (χ2n) is 4.06. The van der Waals surface area contributed by atoms with E-state index in [0.29, 0.717) is 6.54 Å². The first-order valence-electron chi connectivity index (χ1n) is 5.64. The molecule has 1 heterocycles. The van der Waals surface area contributed by atoms with Crippen LogP contribution in [0.5, 0.6) is 5.75 Å². The van der Waals surface area contributed by atoms with Crippen molar-refractivity contribution in [2.75, 3.05) is 7.11 Å². The van der Waals surface area contributed by atoms with E-state index in [0.717, 1.165) is 29.3 Å². The van der Waals surface area contributed by atoms with Crippen LogP contribution in [0.1, 0.15) is 22.6 Å². The molecule has 0 saturated heterocycles. The molecule has 0 aliphatic heterocycles. The van der Waals surface area contributed by atoms with Crippen LogP contribution in [0.4, 0.5) is 0 Å². The average Bonchev–Trinajstić information content (AvgIpc) is 2.77. The smallest absolute Gasteiger partial charge is 0.122 e. The van der Waals surface area contributed by atoms with Gasteiger partial charge >= 0.3 is 0 Å². The maximum atomic E-state index is 5.60. The van der Waals surface area contributed by atoms with Crippen molar-refractivity contribution in [2.24, 2.45) is 5.73 Å². The molecule has 0 saturated carbocycles. The Kier molecular flexibility index (Phi) is 3.49. The van der Waals surface area contributed by atoms with Crippen LogP contribution in [0.2, 0.25) is 0 Å². The fraction of sp³-hybridized carbons (Fsp3) is 0.286. The van der Waals surface area contributed by atoms with Crippen molar-refractivity contribution in [3.05, 3.63) is 53.0 Å². The van der Waals surface area contributed by atoms with Crippen LogP contribution in [0.25, 0.3) is 0 Å². The van der Waals surface area contributed by atoms with Crippen LogP contribution in [0.3, 0.4) is 0 Å². The van der Waals surface area contributed by atoms with Crippen molar-refractivity contribution in [3.8, 4) is 5.75 Å². The summed E-state index contributed by atoms with van der Waals surface area (Å²) in [7, 11) is 1.68. The highest BCUT2D eigenvalue weighted by atomic mass is 16.5. The Balaban J connectivity index is 2.25. The third-order valence-electron chi connectivity index (χ3n) is 2.72. The van der Waals surface area contributed by atoms with E-state index in [9.17, 15) is 0 Å². The predicted octanol–water partition coefficient (Wildman–Crippen LogP) is 2.65. The van der Waals surface area contributed by atoms with E-state index in [4.69, 9.17) is 14.9 Å². The molecule has 90 valence electrons. The normalized spacial score (nSPS) is 10.5. The Bertz CT molecular complexity index is 503. The largest absolute Gasteiger partial charge is 0.496 e. The number of aryl methyl sites for hydroxylation is 1. The van der Waals surface area contributed by atoms with E-state index in [-0.39, 0.29) is 0 Å². The maximum absolute atomic E-state index is 5.60. The van der Waals surface area contributed by atoms with Gasteiger partial charge in [0.1, 0.15) is 17.3 Å². The zero-order valence-corrected chi connectivity index (χ0v) is 10.2. The number of hydrogen-bond acceptors (Lipinski definition) is 3. The molecule has 3 nitrogen and oxygen atoms in total. The summed E-state index contributed by atoms with van der Waals surface area (Å²) in [4.78, 5) is 0. The fourth-order valence-corrected chi connectivity index (χ4v) is 1.86. The Morgan fingerprint density at radius 2 is 1.94 bits per heavy atom. The summed E-state index contributed by atoms with van der Waals surface area (Å²) >= 11 is 0. The number of methoxy groups -OCH3 is 1. The zero-order chi connectivity index (χ0) is 12.3. The van der Waals surface area contributed by atoms with Gasteiger partial charge in [-0.1, -0.05) is 17.7 Å². The summed E-state index contributed by atoms with van der Waals surface area (Å²) in [6.07, 6.45) is 0.727. The summed E-state index contributed by atoms with van der Waals surface area (Å²) in [6, 6.07) is 10.0. The number of hydrogen-bond donors (Lipinski definition) is 1. The molecule has 0 unspecified atom stereocenters. The summed E-state index contributed by atoms with van der Waals surface area (Å²) < 4.78 is 10.9. The minimum Gasteiger partial charge on any atom is -0.496 e. The van der Waals surface area contributed by atoms with Gasteiger partial charge in [-0.05, 0) is 25.1 Å². The quantitative estimate of drug-likeness (QED) is 0.880. The molecule has 2 aromatic rings. The molecule has 3 heteroatoms. The number of furan rings is 1. The summed E-state index contributed by atoms with van der Waals surface area (Å²) in [5, 5.41) is 0. The minimum absolute atomic E-state index is 0.435. The number of nitrogens with two attached hydrogens (primary N) is 1. The van der Waals surface area contributed by atoms with Gasteiger partial charge in [-0.3, -0.25) is 0 Å². The molecule has 0 fully saturated rings. The van der Waals surface area contributed by atoms with Gasteiger partial charge in [0, 0.05) is 12.0 Å². The van der Waals surface area contributed by atoms with Crippen LogP contribution in [0.15, 0.2) is 34.7 Å². The highest BCUT2D eigenvalue weighted by Crippen LogP contribution is 2.23. The summed E-state index contributed by atoms with van der Waals surface area (Å²) in [5.74, 6) is 2.61. The van der Waals surface area contributed by atoms with E-state index in [2.05, 4.69) is 13.0 Å². The lowest BCUT2D eigenvalue weighted by molar-refractivity contribution is 0.407. The highest BCUT2D eigenvalue weighted by Gasteiger charge is 2.07. The second kappa shape index (κ2) is 5.06. The van der Waals surface area contributed by atoms with Gasteiger partial charge in [0.2, 0.25) is 0 Å². The van der Waals surface area contributed by atoms with Crippen LogP contribution in [-0.4, -0.2) is 7.11 Å². The van der Waals surface area contributed by atoms with Crippen LogP contribution in [-0.2, 0) is 13.0 Å². The van der Waals surface area contributed by atoms with Crippen molar-refractivity contribution < 1.29 is 9.15 Å². The lowest BCUT2D eigenvalue weighted by atomic mass is 10.1. The Morgan fingerprint density at radius 1 is 1.18 bits per heavy atom. The molecule has 0 spiro atoms. The summed E-state index contributed by atoms with van der Waals surface area (Å²) in [6.45, 7) is 2.50. The first kappa shape index (κ1) is 11.7. The van der Waals surface area contributed by atoms with Gasteiger partial charge in [-0.2, -0.15) is 0 Å². The Hall–Kier alpha value is -1.74. The van der Waals surface area contributed by atoms with Crippen molar-refractivity contribution in [2.45, 2.75) is 19.9 Å². The molecular formula is C14H17NO2. The van der Waals surface area contributed by atoms with Crippen molar-refractivity contribution >= 4 is 0 Å². The number of rotatable bonds is 4. The first-order chi connectivity index (χ1) is 8.22. The molecule has 17 heavy (non-hydrogen) atoms. The third-order valence-corrected chi connectivity index (χ3v) is 2.72. The molecule has 0 aliphatic rings. The fourth-order valence-electron chi connectivity index (χ4n) is 1.86. The predicted molar refractivity (Wildman–Crippen MR) is 67.1 cm³/mol. The van der Waals surface area contributed by atoms with Crippen molar-refractivity contribution in [1.82, 2.24) is 0 Å². The maximum Gasteiger partial charge on any atom is 0.122 e. The Morgan fingerprint density at radius 3 is 2.59 bits per heavy atom. The Labute approximate surface area is 101 Å². The molecule has 1 aromatic heterocycles. The van der Waals surface area contributed by atoms with Crippen LogP contribution >= 0.6 is 0 Å². The molecule has 1 aromatic carbocycles. The van der Waals surface area contributed by atoms with Gasteiger partial charge in [-0.15, -0.1) is 0 Å². The number of ether oxygens (including phenoxy) is 1. The molecule has 0 radical (unpaired) electrons. The van der Waals surface area contributed by atoms with Gasteiger partial charge in [0.05, 0.1) is 13.7 Å². The number of benzene rings is 1.